The van der Waals surface area contributed by atoms with Gasteiger partial charge < -0.3 is 10.2 Å². The van der Waals surface area contributed by atoms with Crippen LogP contribution in [0.25, 0.3) is 0 Å². The van der Waals surface area contributed by atoms with E-state index >= 15 is 0 Å². The quantitative estimate of drug-likeness (QED) is 0.831. The van der Waals surface area contributed by atoms with Crippen molar-refractivity contribution in [1.82, 2.24) is 10.2 Å². The molecule has 1 heterocycles. The van der Waals surface area contributed by atoms with Crippen molar-refractivity contribution >= 4 is 23.4 Å². The van der Waals surface area contributed by atoms with E-state index in [1.807, 2.05) is 20.8 Å². The highest BCUT2D eigenvalue weighted by Gasteiger charge is 2.40. The molecule has 96 valence electrons. The molecule has 1 fully saturated rings. The van der Waals surface area contributed by atoms with Gasteiger partial charge in [0, 0.05) is 5.03 Å². The number of hydrogen-bond acceptors (Lipinski definition) is 2. The van der Waals surface area contributed by atoms with E-state index in [9.17, 15) is 9.59 Å². The number of amides is 2. The van der Waals surface area contributed by atoms with Gasteiger partial charge in [0.2, 0.25) is 11.8 Å². The third-order valence-corrected chi connectivity index (χ3v) is 3.04. The number of nitrogens with one attached hydrogen (secondary N) is 1. The Morgan fingerprint density at radius 3 is 2.53 bits per heavy atom. The maximum Gasteiger partial charge on any atom is 0.246 e. The van der Waals surface area contributed by atoms with Crippen LogP contribution >= 0.6 is 11.6 Å². The van der Waals surface area contributed by atoms with E-state index in [2.05, 4.69) is 11.9 Å². The van der Waals surface area contributed by atoms with E-state index in [4.69, 9.17) is 11.6 Å². The predicted molar refractivity (Wildman–Crippen MR) is 67.6 cm³/mol. The molecule has 1 N–H and O–H groups in total. The largest absolute Gasteiger partial charge is 0.342 e. The van der Waals surface area contributed by atoms with Gasteiger partial charge in [0.05, 0.1) is 6.54 Å². The zero-order chi connectivity index (χ0) is 13.2. The number of halogens is 1. The summed E-state index contributed by atoms with van der Waals surface area (Å²) >= 11 is 5.75. The van der Waals surface area contributed by atoms with E-state index in [0.717, 1.165) is 0 Å². The first-order valence-corrected chi connectivity index (χ1v) is 6.20. The third kappa shape index (κ3) is 3.00. The van der Waals surface area contributed by atoms with Gasteiger partial charge >= 0.3 is 0 Å². The average molecular weight is 259 g/mol. The molecule has 4 nitrogen and oxygen atoms in total. The van der Waals surface area contributed by atoms with Crippen LogP contribution in [0.4, 0.5) is 0 Å². The lowest BCUT2D eigenvalue weighted by Gasteiger charge is -2.39. The van der Waals surface area contributed by atoms with Crippen LogP contribution in [-0.4, -0.2) is 35.3 Å². The molecular weight excluding hydrogens is 240 g/mol. The Bertz CT molecular complexity index is 341. The lowest BCUT2D eigenvalue weighted by atomic mass is 9.97. The molecule has 2 unspecified atom stereocenters. The number of carbonyl (C=O) groups excluding carboxylic acids is 2. The molecule has 0 aromatic heterocycles. The van der Waals surface area contributed by atoms with Gasteiger partial charge in [-0.05, 0) is 12.3 Å². The number of carbonyl (C=O) groups is 2. The summed E-state index contributed by atoms with van der Waals surface area (Å²) in [6.45, 7) is 9.50. The molecule has 0 aromatic rings. The van der Waals surface area contributed by atoms with E-state index in [0.29, 0.717) is 11.5 Å². The summed E-state index contributed by atoms with van der Waals surface area (Å²) in [5, 5.41) is 3.14. The number of piperazine rings is 1. The van der Waals surface area contributed by atoms with E-state index in [1.165, 1.54) is 4.90 Å². The van der Waals surface area contributed by atoms with Crippen molar-refractivity contribution in [3.63, 3.8) is 0 Å². The molecule has 0 saturated carbocycles. The second-order valence-electron chi connectivity index (χ2n) is 4.64. The molecule has 0 aromatic carbocycles. The van der Waals surface area contributed by atoms with Crippen molar-refractivity contribution in [2.24, 2.45) is 5.92 Å². The van der Waals surface area contributed by atoms with Crippen molar-refractivity contribution in [1.29, 1.82) is 0 Å². The van der Waals surface area contributed by atoms with Crippen LogP contribution in [0.1, 0.15) is 27.2 Å². The Morgan fingerprint density at radius 1 is 1.53 bits per heavy atom. The molecular formula is C12H19ClN2O2. The summed E-state index contributed by atoms with van der Waals surface area (Å²) in [6, 6.07) is -0.894. The fourth-order valence-electron chi connectivity index (χ4n) is 2.02. The molecule has 2 amide bonds. The minimum Gasteiger partial charge on any atom is -0.342 e. The summed E-state index contributed by atoms with van der Waals surface area (Å²) in [4.78, 5) is 25.7. The Balaban J connectivity index is 2.96. The summed E-state index contributed by atoms with van der Waals surface area (Å²) < 4.78 is 0. The minimum absolute atomic E-state index is 0.0651. The van der Waals surface area contributed by atoms with Gasteiger partial charge in [-0.1, -0.05) is 39.0 Å². The molecule has 5 heteroatoms. The van der Waals surface area contributed by atoms with Crippen molar-refractivity contribution in [2.75, 3.05) is 6.54 Å². The smallest absolute Gasteiger partial charge is 0.246 e. The topological polar surface area (TPSA) is 49.4 Å². The first kappa shape index (κ1) is 14.0. The lowest BCUT2D eigenvalue weighted by Crippen LogP contribution is -2.64. The Kier molecular flexibility index (Phi) is 4.57. The van der Waals surface area contributed by atoms with Crippen molar-refractivity contribution in [2.45, 2.75) is 39.3 Å². The standard InChI is InChI=1S/C12H19ClN2O2/c1-5-9-11(16)14-10(7(2)3)12(17)15(9)6-8(4)13/h7,9-10H,4-6H2,1-3H3,(H,14,16). The normalized spacial score (nSPS) is 25.1. The summed E-state index contributed by atoms with van der Waals surface area (Å²) in [6.07, 6.45) is 0.576. The fourth-order valence-corrected chi connectivity index (χ4v) is 2.14. The van der Waals surface area contributed by atoms with Gasteiger partial charge in [0.15, 0.2) is 0 Å². The molecule has 2 atom stereocenters. The van der Waals surface area contributed by atoms with Crippen LogP contribution in [0, 0.1) is 5.92 Å². The van der Waals surface area contributed by atoms with E-state index < -0.39 is 12.1 Å². The lowest BCUT2D eigenvalue weighted by molar-refractivity contribution is -0.150. The monoisotopic (exact) mass is 258 g/mol. The SMILES string of the molecule is C=C(Cl)CN1C(=O)C(C(C)C)NC(=O)C1CC. The minimum atomic E-state index is -0.457. The molecule has 1 aliphatic heterocycles. The predicted octanol–water partition coefficient (Wildman–Crippen LogP) is 1.50. The first-order valence-electron chi connectivity index (χ1n) is 5.82. The fraction of sp³-hybridized carbons (Fsp3) is 0.667. The van der Waals surface area contributed by atoms with Crippen molar-refractivity contribution in [3.05, 3.63) is 11.6 Å². The summed E-state index contributed by atoms with van der Waals surface area (Å²) in [5.41, 5.74) is 0. The first-order chi connectivity index (χ1) is 7.88. The zero-order valence-corrected chi connectivity index (χ0v) is 11.3. The van der Waals surface area contributed by atoms with Gasteiger partial charge in [-0.2, -0.15) is 0 Å². The zero-order valence-electron chi connectivity index (χ0n) is 10.5. The molecule has 0 spiro atoms. The molecule has 0 radical (unpaired) electrons. The van der Waals surface area contributed by atoms with Crippen LogP contribution in [0.15, 0.2) is 11.6 Å². The number of nitrogens with zero attached hydrogens (tertiary/aromatic N) is 1. The summed E-state index contributed by atoms with van der Waals surface area (Å²) in [5.74, 6) is -0.118. The van der Waals surface area contributed by atoms with Crippen LogP contribution in [0.5, 0.6) is 0 Å². The Hall–Kier alpha value is -1.03. The van der Waals surface area contributed by atoms with E-state index in [1.54, 1.807) is 0 Å². The second-order valence-corrected chi connectivity index (χ2v) is 5.17. The van der Waals surface area contributed by atoms with Gasteiger partial charge in [-0.15, -0.1) is 0 Å². The Labute approximate surface area is 107 Å². The average Bonchev–Trinajstić information content (AvgIpc) is 2.22. The molecule has 1 saturated heterocycles. The van der Waals surface area contributed by atoms with Gasteiger partial charge in [-0.25, -0.2) is 0 Å². The second kappa shape index (κ2) is 5.54. The highest BCUT2D eigenvalue weighted by molar-refractivity contribution is 6.29. The molecule has 0 aliphatic carbocycles. The highest BCUT2D eigenvalue weighted by atomic mass is 35.5. The molecule has 0 bridgehead atoms. The number of hydrogen-bond donors (Lipinski definition) is 1. The summed E-state index contributed by atoms with van der Waals surface area (Å²) in [7, 11) is 0. The molecule has 1 aliphatic rings. The van der Waals surface area contributed by atoms with Crippen LogP contribution in [0.2, 0.25) is 0 Å². The van der Waals surface area contributed by atoms with Crippen LogP contribution in [0.3, 0.4) is 0 Å². The van der Waals surface area contributed by atoms with Gasteiger partial charge in [0.1, 0.15) is 12.1 Å². The van der Waals surface area contributed by atoms with Crippen molar-refractivity contribution in [3.8, 4) is 0 Å². The van der Waals surface area contributed by atoms with Crippen molar-refractivity contribution < 1.29 is 9.59 Å². The highest BCUT2D eigenvalue weighted by Crippen LogP contribution is 2.19. The van der Waals surface area contributed by atoms with Gasteiger partial charge in [0.25, 0.3) is 0 Å². The van der Waals surface area contributed by atoms with Gasteiger partial charge in [-0.3, -0.25) is 9.59 Å². The molecule has 17 heavy (non-hydrogen) atoms. The maximum atomic E-state index is 12.2. The number of rotatable bonds is 4. The van der Waals surface area contributed by atoms with E-state index in [-0.39, 0.29) is 24.3 Å². The third-order valence-electron chi connectivity index (χ3n) is 2.92. The van der Waals surface area contributed by atoms with Crippen LogP contribution in [-0.2, 0) is 9.59 Å². The molecule has 1 rings (SSSR count). The maximum absolute atomic E-state index is 12.2. The Morgan fingerprint density at radius 2 is 2.12 bits per heavy atom. The van der Waals surface area contributed by atoms with Crippen LogP contribution < -0.4 is 5.32 Å².